The molecule has 0 bridgehead atoms. The maximum atomic E-state index is 13.6. The Bertz CT molecular complexity index is 1200. The number of hydrogen-bond acceptors (Lipinski definition) is 4. The molecule has 1 N–H and O–H groups in total. The third kappa shape index (κ3) is 5.29. The number of rotatable bonds is 8. The Labute approximate surface area is 189 Å². The molecule has 0 unspecified atom stereocenters. The van der Waals surface area contributed by atoms with Gasteiger partial charge in [0.05, 0.1) is 17.2 Å². The number of carbonyl (C=O) groups is 1. The van der Waals surface area contributed by atoms with Crippen molar-refractivity contribution in [3.8, 4) is 5.75 Å². The van der Waals surface area contributed by atoms with Crippen LogP contribution in [0.3, 0.4) is 0 Å². The molecule has 0 aliphatic rings. The van der Waals surface area contributed by atoms with Crippen molar-refractivity contribution in [3.05, 3.63) is 83.4 Å². The van der Waals surface area contributed by atoms with E-state index in [0.29, 0.717) is 23.7 Å². The molecule has 1 amide bonds. The summed E-state index contributed by atoms with van der Waals surface area (Å²) in [6, 6.07) is 19.0. The summed E-state index contributed by atoms with van der Waals surface area (Å²) in [5, 5.41) is 2.84. The van der Waals surface area contributed by atoms with Gasteiger partial charge in [-0.1, -0.05) is 47.5 Å². The largest absolute Gasteiger partial charge is 0.492 e. The van der Waals surface area contributed by atoms with Crippen molar-refractivity contribution in [1.82, 2.24) is 0 Å². The normalized spacial score (nSPS) is 11.1. The van der Waals surface area contributed by atoms with Crippen LogP contribution in [0, 0.1) is 20.8 Å². The number of carbonyl (C=O) groups excluding carboxylic acids is 1. The van der Waals surface area contributed by atoms with Crippen LogP contribution in [-0.2, 0) is 14.8 Å². The fourth-order valence-electron chi connectivity index (χ4n) is 3.35. The molecule has 0 saturated heterocycles. The average Bonchev–Trinajstić information content (AvgIpc) is 2.75. The molecule has 0 radical (unpaired) electrons. The Hall–Kier alpha value is -3.32. The second-order valence-electron chi connectivity index (χ2n) is 7.59. The number of anilines is 2. The minimum absolute atomic E-state index is 0.105. The SMILES string of the molecule is CCOc1ccccc1N(CC(=O)Nc1ccc(C)cc1C)S(=O)(=O)c1ccc(C)cc1. The number of sulfonamides is 1. The van der Waals surface area contributed by atoms with E-state index < -0.39 is 22.5 Å². The van der Waals surface area contributed by atoms with Gasteiger partial charge in [0.25, 0.3) is 10.0 Å². The monoisotopic (exact) mass is 452 g/mol. The van der Waals surface area contributed by atoms with Gasteiger partial charge >= 0.3 is 0 Å². The average molecular weight is 453 g/mol. The molecule has 0 aliphatic heterocycles. The Kier molecular flexibility index (Phi) is 7.20. The van der Waals surface area contributed by atoms with Gasteiger partial charge in [-0.15, -0.1) is 0 Å². The van der Waals surface area contributed by atoms with Crippen molar-refractivity contribution >= 4 is 27.3 Å². The van der Waals surface area contributed by atoms with Gasteiger partial charge in [-0.25, -0.2) is 8.42 Å². The number of benzene rings is 3. The predicted molar refractivity (Wildman–Crippen MR) is 128 cm³/mol. The summed E-state index contributed by atoms with van der Waals surface area (Å²) >= 11 is 0. The van der Waals surface area contributed by atoms with E-state index in [4.69, 9.17) is 4.74 Å². The molecule has 0 heterocycles. The smallest absolute Gasteiger partial charge is 0.264 e. The highest BCUT2D eigenvalue weighted by atomic mass is 32.2. The number of ether oxygens (including phenoxy) is 1. The number of amides is 1. The van der Waals surface area contributed by atoms with Gasteiger partial charge in [0.1, 0.15) is 12.3 Å². The lowest BCUT2D eigenvalue weighted by Crippen LogP contribution is -2.38. The topological polar surface area (TPSA) is 75.7 Å². The molecule has 3 rings (SSSR count). The van der Waals surface area contributed by atoms with E-state index in [1.165, 1.54) is 0 Å². The lowest BCUT2D eigenvalue weighted by molar-refractivity contribution is -0.114. The van der Waals surface area contributed by atoms with Crippen LogP contribution >= 0.6 is 0 Å². The first-order valence-corrected chi connectivity index (χ1v) is 11.8. The van der Waals surface area contributed by atoms with Crippen LogP contribution in [-0.4, -0.2) is 27.5 Å². The summed E-state index contributed by atoms with van der Waals surface area (Å²) in [6.07, 6.45) is 0. The Balaban J connectivity index is 2.01. The first-order chi connectivity index (χ1) is 15.2. The summed E-state index contributed by atoms with van der Waals surface area (Å²) in [6.45, 7) is 7.54. The van der Waals surface area contributed by atoms with Crippen LogP contribution in [0.1, 0.15) is 23.6 Å². The van der Waals surface area contributed by atoms with E-state index in [1.807, 2.05) is 45.9 Å². The van der Waals surface area contributed by atoms with Gasteiger partial charge in [-0.3, -0.25) is 9.10 Å². The third-order valence-electron chi connectivity index (χ3n) is 4.99. The second-order valence-corrected chi connectivity index (χ2v) is 9.45. The number of nitrogens with zero attached hydrogens (tertiary/aromatic N) is 1. The van der Waals surface area contributed by atoms with E-state index in [1.54, 1.807) is 48.5 Å². The fraction of sp³-hybridized carbons (Fsp3) is 0.240. The van der Waals surface area contributed by atoms with Crippen LogP contribution in [0.5, 0.6) is 5.75 Å². The molecular formula is C25H28N2O4S. The molecule has 3 aromatic carbocycles. The van der Waals surface area contributed by atoms with E-state index in [0.717, 1.165) is 21.0 Å². The number of hydrogen-bond donors (Lipinski definition) is 1. The summed E-state index contributed by atoms with van der Waals surface area (Å²) in [4.78, 5) is 13.1. The number of aryl methyl sites for hydroxylation is 3. The summed E-state index contributed by atoms with van der Waals surface area (Å²) in [5.74, 6) is -0.0519. The Morgan fingerprint density at radius 2 is 1.59 bits per heavy atom. The van der Waals surface area contributed by atoms with Crippen molar-refractivity contribution in [3.63, 3.8) is 0 Å². The zero-order chi connectivity index (χ0) is 23.3. The molecule has 7 heteroatoms. The minimum Gasteiger partial charge on any atom is -0.492 e. The number of nitrogens with one attached hydrogen (secondary N) is 1. The molecule has 168 valence electrons. The lowest BCUT2D eigenvalue weighted by Gasteiger charge is -2.26. The maximum absolute atomic E-state index is 13.6. The number of para-hydroxylation sites is 2. The zero-order valence-corrected chi connectivity index (χ0v) is 19.6. The Morgan fingerprint density at radius 3 is 2.25 bits per heavy atom. The van der Waals surface area contributed by atoms with Crippen LogP contribution in [0.2, 0.25) is 0 Å². The van der Waals surface area contributed by atoms with Gasteiger partial charge < -0.3 is 10.1 Å². The maximum Gasteiger partial charge on any atom is 0.264 e. The highest BCUT2D eigenvalue weighted by molar-refractivity contribution is 7.92. The van der Waals surface area contributed by atoms with Crippen LogP contribution in [0.25, 0.3) is 0 Å². The molecule has 0 atom stereocenters. The quantitative estimate of drug-likeness (QED) is 0.530. The van der Waals surface area contributed by atoms with Gasteiger partial charge in [-0.2, -0.15) is 0 Å². The highest BCUT2D eigenvalue weighted by Crippen LogP contribution is 2.32. The van der Waals surface area contributed by atoms with Crippen LogP contribution < -0.4 is 14.4 Å². The van der Waals surface area contributed by atoms with Crippen molar-refractivity contribution in [2.75, 3.05) is 22.8 Å². The lowest BCUT2D eigenvalue weighted by atomic mass is 10.1. The standard InChI is InChI=1S/C25H28N2O4S/c1-5-31-24-9-7-6-8-23(24)27(32(29,30)21-13-10-18(2)11-14-21)17-25(28)26-22-15-12-19(3)16-20(22)4/h6-16H,5,17H2,1-4H3,(H,26,28). The van der Waals surface area contributed by atoms with Crippen molar-refractivity contribution < 1.29 is 17.9 Å². The predicted octanol–water partition coefficient (Wildman–Crippen LogP) is 4.84. The van der Waals surface area contributed by atoms with Crippen LogP contribution in [0.4, 0.5) is 11.4 Å². The summed E-state index contributed by atoms with van der Waals surface area (Å²) in [7, 11) is -4.02. The van der Waals surface area contributed by atoms with E-state index in [2.05, 4.69) is 5.32 Å². The zero-order valence-electron chi connectivity index (χ0n) is 18.8. The van der Waals surface area contributed by atoms with Crippen LogP contribution in [0.15, 0.2) is 71.6 Å². The van der Waals surface area contributed by atoms with Gasteiger partial charge in [0, 0.05) is 5.69 Å². The second kappa shape index (κ2) is 9.87. The molecule has 3 aromatic rings. The molecular weight excluding hydrogens is 424 g/mol. The van der Waals surface area contributed by atoms with Crippen molar-refractivity contribution in [2.24, 2.45) is 0 Å². The summed E-state index contributed by atoms with van der Waals surface area (Å²) < 4.78 is 33.9. The molecule has 0 fully saturated rings. The molecule has 0 spiro atoms. The van der Waals surface area contributed by atoms with Gasteiger partial charge in [-0.05, 0) is 63.6 Å². The first kappa shape index (κ1) is 23.3. The Morgan fingerprint density at radius 1 is 0.938 bits per heavy atom. The van der Waals surface area contributed by atoms with Crippen molar-refractivity contribution in [2.45, 2.75) is 32.6 Å². The van der Waals surface area contributed by atoms with Gasteiger partial charge in [0.2, 0.25) is 5.91 Å². The third-order valence-corrected chi connectivity index (χ3v) is 6.76. The van der Waals surface area contributed by atoms with E-state index in [-0.39, 0.29) is 4.90 Å². The molecule has 0 aromatic heterocycles. The highest BCUT2D eigenvalue weighted by Gasteiger charge is 2.29. The van der Waals surface area contributed by atoms with E-state index in [9.17, 15) is 13.2 Å². The summed E-state index contributed by atoms with van der Waals surface area (Å²) in [5.41, 5.74) is 3.88. The molecule has 32 heavy (non-hydrogen) atoms. The van der Waals surface area contributed by atoms with E-state index >= 15 is 0 Å². The minimum atomic E-state index is -4.02. The first-order valence-electron chi connectivity index (χ1n) is 10.4. The fourth-order valence-corrected chi connectivity index (χ4v) is 4.78. The molecule has 6 nitrogen and oxygen atoms in total. The molecule has 0 aliphatic carbocycles. The van der Waals surface area contributed by atoms with Gasteiger partial charge in [0.15, 0.2) is 0 Å². The molecule has 0 saturated carbocycles. The van der Waals surface area contributed by atoms with Crippen molar-refractivity contribution in [1.29, 1.82) is 0 Å².